The van der Waals surface area contributed by atoms with Crippen molar-refractivity contribution in [2.75, 3.05) is 11.6 Å². The van der Waals surface area contributed by atoms with Crippen LogP contribution in [0.2, 0.25) is 0 Å². The number of hydrogen-bond donors (Lipinski definition) is 1. The Morgan fingerprint density at radius 2 is 1.72 bits per heavy atom. The van der Waals surface area contributed by atoms with Crippen LogP contribution in [0.3, 0.4) is 0 Å². The molecule has 0 saturated carbocycles. The van der Waals surface area contributed by atoms with Crippen LogP contribution in [0.1, 0.15) is 33.6 Å². The zero-order chi connectivity index (χ0) is 13.8. The molecule has 0 aliphatic carbocycles. The SMILES string of the molecule is CC(C)CCC(C)Nc1ccccc1S(C)(=O)=O. The Morgan fingerprint density at radius 3 is 2.28 bits per heavy atom. The summed E-state index contributed by atoms with van der Waals surface area (Å²) in [7, 11) is -3.17. The molecule has 0 aliphatic heterocycles. The molecule has 0 saturated heterocycles. The molecular weight excluding hydrogens is 246 g/mol. The van der Waals surface area contributed by atoms with E-state index in [0.29, 0.717) is 16.5 Å². The minimum atomic E-state index is -3.17. The molecule has 1 N–H and O–H groups in total. The molecule has 0 amide bonds. The van der Waals surface area contributed by atoms with E-state index in [-0.39, 0.29) is 6.04 Å². The Bertz CT molecular complexity index is 480. The molecule has 1 aromatic rings. The zero-order valence-electron chi connectivity index (χ0n) is 11.6. The number of rotatable bonds is 6. The molecule has 0 fully saturated rings. The van der Waals surface area contributed by atoms with Crippen LogP contribution in [0.5, 0.6) is 0 Å². The monoisotopic (exact) mass is 269 g/mol. The van der Waals surface area contributed by atoms with Gasteiger partial charge in [0.25, 0.3) is 0 Å². The van der Waals surface area contributed by atoms with Gasteiger partial charge in [-0.25, -0.2) is 8.42 Å². The Kier molecular flexibility index (Phi) is 5.20. The van der Waals surface area contributed by atoms with E-state index in [1.54, 1.807) is 12.1 Å². The third-order valence-corrected chi connectivity index (χ3v) is 4.02. The van der Waals surface area contributed by atoms with Crippen LogP contribution in [0.4, 0.5) is 5.69 Å². The number of hydrogen-bond acceptors (Lipinski definition) is 3. The van der Waals surface area contributed by atoms with Gasteiger partial charge in [0, 0.05) is 12.3 Å². The Hall–Kier alpha value is -1.03. The molecule has 3 nitrogen and oxygen atoms in total. The molecule has 4 heteroatoms. The van der Waals surface area contributed by atoms with Gasteiger partial charge in [0.15, 0.2) is 9.84 Å². The lowest BCUT2D eigenvalue weighted by molar-refractivity contribution is 0.527. The van der Waals surface area contributed by atoms with Gasteiger partial charge in [-0.15, -0.1) is 0 Å². The lowest BCUT2D eigenvalue weighted by Gasteiger charge is -2.18. The normalized spacial score (nSPS) is 13.6. The van der Waals surface area contributed by atoms with E-state index in [9.17, 15) is 8.42 Å². The molecule has 18 heavy (non-hydrogen) atoms. The van der Waals surface area contributed by atoms with Crippen molar-refractivity contribution in [2.45, 2.75) is 44.6 Å². The van der Waals surface area contributed by atoms with E-state index in [1.165, 1.54) is 6.26 Å². The van der Waals surface area contributed by atoms with Gasteiger partial charge in [0.2, 0.25) is 0 Å². The smallest absolute Gasteiger partial charge is 0.177 e. The van der Waals surface area contributed by atoms with Gasteiger partial charge in [0.1, 0.15) is 0 Å². The Balaban J connectivity index is 2.79. The van der Waals surface area contributed by atoms with Gasteiger partial charge < -0.3 is 5.32 Å². The van der Waals surface area contributed by atoms with Crippen molar-refractivity contribution in [1.29, 1.82) is 0 Å². The largest absolute Gasteiger partial charge is 0.382 e. The van der Waals surface area contributed by atoms with E-state index in [1.807, 2.05) is 12.1 Å². The first-order valence-electron chi connectivity index (χ1n) is 6.36. The molecule has 0 aliphatic rings. The molecule has 0 heterocycles. The minimum absolute atomic E-state index is 0.273. The van der Waals surface area contributed by atoms with Crippen LogP contribution >= 0.6 is 0 Å². The standard InChI is InChI=1S/C14H23NO2S/c1-11(2)9-10-12(3)15-13-7-5-6-8-14(13)18(4,16)17/h5-8,11-12,15H,9-10H2,1-4H3. The van der Waals surface area contributed by atoms with Crippen LogP contribution in [0, 0.1) is 5.92 Å². The second kappa shape index (κ2) is 6.23. The van der Waals surface area contributed by atoms with Crippen LogP contribution in [-0.2, 0) is 9.84 Å². The number of sulfone groups is 1. The quantitative estimate of drug-likeness (QED) is 0.861. The molecule has 0 aromatic heterocycles. The second-order valence-corrected chi connectivity index (χ2v) is 7.27. The molecular formula is C14H23NO2S. The van der Waals surface area contributed by atoms with Crippen molar-refractivity contribution in [3.05, 3.63) is 24.3 Å². The van der Waals surface area contributed by atoms with Crippen molar-refractivity contribution in [3.63, 3.8) is 0 Å². The van der Waals surface area contributed by atoms with Crippen molar-refractivity contribution in [3.8, 4) is 0 Å². The topological polar surface area (TPSA) is 46.2 Å². The third kappa shape index (κ3) is 4.69. The van der Waals surface area contributed by atoms with Gasteiger partial charge >= 0.3 is 0 Å². The maximum absolute atomic E-state index is 11.7. The molecule has 0 bridgehead atoms. The summed E-state index contributed by atoms with van der Waals surface area (Å²) in [4.78, 5) is 0.376. The van der Waals surface area contributed by atoms with Crippen LogP contribution < -0.4 is 5.32 Å². The molecule has 0 spiro atoms. The van der Waals surface area contributed by atoms with E-state index in [0.717, 1.165) is 12.8 Å². The number of para-hydroxylation sites is 1. The van der Waals surface area contributed by atoms with E-state index < -0.39 is 9.84 Å². The molecule has 1 atom stereocenters. The predicted molar refractivity (Wildman–Crippen MR) is 76.7 cm³/mol. The highest BCUT2D eigenvalue weighted by Gasteiger charge is 2.14. The van der Waals surface area contributed by atoms with E-state index in [4.69, 9.17) is 0 Å². The summed E-state index contributed by atoms with van der Waals surface area (Å²) in [6.07, 6.45) is 3.41. The summed E-state index contributed by atoms with van der Waals surface area (Å²) in [5.74, 6) is 0.666. The first-order valence-corrected chi connectivity index (χ1v) is 8.25. The van der Waals surface area contributed by atoms with Crippen LogP contribution in [0.15, 0.2) is 29.2 Å². The van der Waals surface area contributed by atoms with Gasteiger partial charge in [-0.3, -0.25) is 0 Å². The van der Waals surface area contributed by atoms with Crippen molar-refractivity contribution < 1.29 is 8.42 Å². The summed E-state index contributed by atoms with van der Waals surface area (Å²) in [6.45, 7) is 6.47. The van der Waals surface area contributed by atoms with Crippen LogP contribution in [-0.4, -0.2) is 20.7 Å². The molecule has 102 valence electrons. The van der Waals surface area contributed by atoms with Gasteiger partial charge in [-0.1, -0.05) is 26.0 Å². The summed E-state index contributed by atoms with van der Waals surface area (Å²) in [5, 5.41) is 3.29. The molecule has 0 radical (unpaired) electrons. The average Bonchev–Trinajstić information content (AvgIpc) is 2.25. The number of nitrogens with one attached hydrogen (secondary N) is 1. The summed E-state index contributed by atoms with van der Waals surface area (Å²) in [5.41, 5.74) is 0.705. The lowest BCUT2D eigenvalue weighted by Crippen LogP contribution is -2.17. The van der Waals surface area contributed by atoms with Gasteiger partial charge in [-0.05, 0) is 37.8 Å². The Morgan fingerprint density at radius 1 is 1.11 bits per heavy atom. The first-order chi connectivity index (χ1) is 8.30. The summed E-state index contributed by atoms with van der Waals surface area (Å²) < 4.78 is 23.3. The van der Waals surface area contributed by atoms with Crippen molar-refractivity contribution in [2.24, 2.45) is 5.92 Å². The maximum atomic E-state index is 11.7. The molecule has 1 aromatic carbocycles. The minimum Gasteiger partial charge on any atom is -0.382 e. The van der Waals surface area contributed by atoms with E-state index in [2.05, 4.69) is 26.1 Å². The number of anilines is 1. The zero-order valence-corrected chi connectivity index (χ0v) is 12.4. The van der Waals surface area contributed by atoms with Crippen molar-refractivity contribution in [1.82, 2.24) is 0 Å². The molecule has 1 rings (SSSR count). The highest BCUT2D eigenvalue weighted by atomic mass is 32.2. The fraction of sp³-hybridized carbons (Fsp3) is 0.571. The number of benzene rings is 1. The lowest BCUT2D eigenvalue weighted by atomic mass is 10.0. The van der Waals surface area contributed by atoms with Gasteiger partial charge in [-0.2, -0.15) is 0 Å². The maximum Gasteiger partial charge on any atom is 0.177 e. The summed E-state index contributed by atoms with van der Waals surface area (Å²) in [6, 6.07) is 7.34. The van der Waals surface area contributed by atoms with Crippen LogP contribution in [0.25, 0.3) is 0 Å². The Labute approximate surface area is 111 Å². The van der Waals surface area contributed by atoms with E-state index >= 15 is 0 Å². The van der Waals surface area contributed by atoms with Crippen molar-refractivity contribution >= 4 is 15.5 Å². The second-order valence-electron chi connectivity index (χ2n) is 5.28. The summed E-state index contributed by atoms with van der Waals surface area (Å²) >= 11 is 0. The fourth-order valence-electron chi connectivity index (χ4n) is 1.83. The first kappa shape index (κ1) is 15.0. The highest BCUT2D eigenvalue weighted by Crippen LogP contribution is 2.22. The third-order valence-electron chi connectivity index (χ3n) is 2.87. The average molecular weight is 269 g/mol. The fourth-order valence-corrected chi connectivity index (χ4v) is 2.68. The highest BCUT2D eigenvalue weighted by molar-refractivity contribution is 7.90. The molecule has 1 unspecified atom stereocenters. The van der Waals surface area contributed by atoms with Gasteiger partial charge in [0.05, 0.1) is 10.6 Å². The predicted octanol–water partition coefficient (Wildman–Crippen LogP) is 3.33.